The number of nitrogens with two attached hydrogens (primary N) is 1. The van der Waals surface area contributed by atoms with Crippen molar-refractivity contribution in [3.63, 3.8) is 0 Å². The number of likely N-dealkylation sites (N-methyl/N-ethyl adjacent to an activating group) is 1. The molecule has 0 amide bonds. The van der Waals surface area contributed by atoms with Crippen LogP contribution < -0.4 is 5.73 Å². The fraction of sp³-hybridized carbons (Fsp3) is 0.750. The topological polar surface area (TPSA) is 32.5 Å². The van der Waals surface area contributed by atoms with Crippen LogP contribution in [-0.4, -0.2) is 49.1 Å². The molecule has 0 saturated carbocycles. The first-order chi connectivity index (χ1) is 9.63. The van der Waals surface area contributed by atoms with E-state index >= 15 is 0 Å². The predicted molar refractivity (Wildman–Crippen MR) is 88.4 cm³/mol. The lowest BCUT2D eigenvalue weighted by atomic mass is 10.0. The van der Waals surface area contributed by atoms with Gasteiger partial charge in [0, 0.05) is 24.0 Å². The second kappa shape index (κ2) is 7.55. The summed E-state index contributed by atoms with van der Waals surface area (Å²) in [5.74, 6) is 0. The van der Waals surface area contributed by atoms with Crippen molar-refractivity contribution in [1.82, 2.24) is 9.80 Å². The molecule has 4 heteroatoms. The lowest BCUT2D eigenvalue weighted by Crippen LogP contribution is -2.41. The first kappa shape index (κ1) is 16.0. The molecule has 1 aromatic heterocycles. The van der Waals surface area contributed by atoms with E-state index in [-0.39, 0.29) is 6.04 Å². The number of rotatable bonds is 7. The zero-order valence-corrected chi connectivity index (χ0v) is 14.0. The molecule has 1 aliphatic heterocycles. The Morgan fingerprint density at radius 3 is 2.65 bits per heavy atom. The normalized spacial score (nSPS) is 19.6. The van der Waals surface area contributed by atoms with Crippen LogP contribution in [0.5, 0.6) is 0 Å². The van der Waals surface area contributed by atoms with Crippen molar-refractivity contribution in [3.05, 3.63) is 21.9 Å². The van der Waals surface area contributed by atoms with Gasteiger partial charge in [-0.05, 0) is 63.3 Å². The number of likely N-dealkylation sites (tertiary alicyclic amines) is 1. The van der Waals surface area contributed by atoms with Crippen molar-refractivity contribution in [2.45, 2.75) is 45.2 Å². The van der Waals surface area contributed by atoms with Crippen LogP contribution in [-0.2, 0) is 0 Å². The molecule has 3 nitrogen and oxygen atoms in total. The van der Waals surface area contributed by atoms with E-state index in [9.17, 15) is 0 Å². The molecule has 2 N–H and O–H groups in total. The first-order valence-electron chi connectivity index (χ1n) is 7.85. The van der Waals surface area contributed by atoms with Gasteiger partial charge in [0.2, 0.25) is 0 Å². The Bertz CT molecular complexity index is 398. The number of nitrogens with zero attached hydrogens (tertiary/aromatic N) is 2. The molecule has 0 aromatic carbocycles. The summed E-state index contributed by atoms with van der Waals surface area (Å²) in [5.41, 5.74) is 7.80. The highest BCUT2D eigenvalue weighted by Gasteiger charge is 2.26. The van der Waals surface area contributed by atoms with Crippen molar-refractivity contribution in [2.75, 3.05) is 33.2 Å². The van der Waals surface area contributed by atoms with Crippen LogP contribution in [0.1, 0.15) is 42.7 Å². The van der Waals surface area contributed by atoms with Crippen molar-refractivity contribution in [1.29, 1.82) is 0 Å². The Morgan fingerprint density at radius 1 is 1.40 bits per heavy atom. The highest BCUT2D eigenvalue weighted by molar-refractivity contribution is 7.10. The molecule has 0 aliphatic carbocycles. The fourth-order valence-corrected chi connectivity index (χ4v) is 4.24. The smallest absolute Gasteiger partial charge is 0.0594 e. The van der Waals surface area contributed by atoms with E-state index in [0.29, 0.717) is 6.04 Å². The van der Waals surface area contributed by atoms with Gasteiger partial charge in [0.25, 0.3) is 0 Å². The van der Waals surface area contributed by atoms with E-state index in [2.05, 4.69) is 42.1 Å². The lowest BCUT2D eigenvalue weighted by Gasteiger charge is -2.33. The summed E-state index contributed by atoms with van der Waals surface area (Å²) in [6.45, 7) is 9.22. The minimum absolute atomic E-state index is 0.218. The van der Waals surface area contributed by atoms with Gasteiger partial charge < -0.3 is 10.6 Å². The van der Waals surface area contributed by atoms with Crippen LogP contribution in [0.2, 0.25) is 0 Å². The maximum Gasteiger partial charge on any atom is 0.0594 e. The Morgan fingerprint density at radius 2 is 2.10 bits per heavy atom. The molecular weight excluding hydrogens is 266 g/mol. The van der Waals surface area contributed by atoms with Gasteiger partial charge >= 0.3 is 0 Å². The van der Waals surface area contributed by atoms with Crippen molar-refractivity contribution < 1.29 is 0 Å². The maximum absolute atomic E-state index is 6.41. The quantitative estimate of drug-likeness (QED) is 0.839. The van der Waals surface area contributed by atoms with Gasteiger partial charge in [-0.25, -0.2) is 0 Å². The minimum atomic E-state index is 0.218. The van der Waals surface area contributed by atoms with E-state index in [1.165, 1.54) is 42.9 Å². The molecule has 1 saturated heterocycles. The van der Waals surface area contributed by atoms with E-state index in [1.54, 1.807) is 0 Å². The second-order valence-electron chi connectivity index (χ2n) is 6.01. The van der Waals surface area contributed by atoms with Gasteiger partial charge in [-0.15, -0.1) is 11.3 Å². The molecule has 20 heavy (non-hydrogen) atoms. The SMILES string of the molecule is CCC(N)C(c1sccc1C)N(C)CCN1CCCC1. The Balaban J connectivity index is 2.00. The summed E-state index contributed by atoms with van der Waals surface area (Å²) in [5, 5.41) is 2.19. The third-order valence-corrected chi connectivity index (χ3v) is 5.58. The summed E-state index contributed by atoms with van der Waals surface area (Å²) in [7, 11) is 2.23. The molecule has 1 aliphatic rings. The van der Waals surface area contributed by atoms with Gasteiger partial charge in [-0.2, -0.15) is 0 Å². The van der Waals surface area contributed by atoms with Gasteiger partial charge in [0.05, 0.1) is 6.04 Å². The molecule has 1 aromatic rings. The van der Waals surface area contributed by atoms with Crippen LogP contribution >= 0.6 is 11.3 Å². The van der Waals surface area contributed by atoms with E-state index in [1.807, 2.05) is 11.3 Å². The highest BCUT2D eigenvalue weighted by Crippen LogP contribution is 2.31. The van der Waals surface area contributed by atoms with Gasteiger partial charge in [0.15, 0.2) is 0 Å². The van der Waals surface area contributed by atoms with Crippen molar-refractivity contribution in [2.24, 2.45) is 5.73 Å². The van der Waals surface area contributed by atoms with E-state index in [0.717, 1.165) is 13.0 Å². The number of hydrogen-bond donors (Lipinski definition) is 1. The largest absolute Gasteiger partial charge is 0.326 e. The molecule has 0 bridgehead atoms. The van der Waals surface area contributed by atoms with Crippen LogP contribution in [0.3, 0.4) is 0 Å². The van der Waals surface area contributed by atoms with Gasteiger partial charge in [-0.3, -0.25) is 4.90 Å². The standard InChI is InChI=1S/C16H29N3S/c1-4-14(17)15(16-13(2)7-12-20-16)18(3)10-11-19-8-5-6-9-19/h7,12,14-15H,4-6,8-11,17H2,1-3H3. The molecule has 2 unspecified atom stereocenters. The zero-order valence-electron chi connectivity index (χ0n) is 13.1. The van der Waals surface area contributed by atoms with Crippen LogP contribution in [0.25, 0.3) is 0 Å². The summed E-state index contributed by atoms with van der Waals surface area (Å²) in [4.78, 5) is 6.49. The maximum atomic E-state index is 6.41. The number of thiophene rings is 1. The number of hydrogen-bond acceptors (Lipinski definition) is 4. The average molecular weight is 295 g/mol. The lowest BCUT2D eigenvalue weighted by molar-refractivity contribution is 0.184. The molecule has 2 atom stereocenters. The van der Waals surface area contributed by atoms with Crippen molar-refractivity contribution >= 4 is 11.3 Å². The zero-order chi connectivity index (χ0) is 14.5. The summed E-state index contributed by atoms with van der Waals surface area (Å²) >= 11 is 1.85. The molecule has 0 spiro atoms. The van der Waals surface area contributed by atoms with Crippen LogP contribution in [0, 0.1) is 6.92 Å². The van der Waals surface area contributed by atoms with Crippen molar-refractivity contribution in [3.8, 4) is 0 Å². The Hall–Kier alpha value is -0.420. The third-order valence-electron chi connectivity index (χ3n) is 4.49. The third kappa shape index (κ3) is 3.82. The second-order valence-corrected chi connectivity index (χ2v) is 6.96. The van der Waals surface area contributed by atoms with Gasteiger partial charge in [-0.1, -0.05) is 6.92 Å². The average Bonchev–Trinajstić information content (AvgIpc) is 3.09. The van der Waals surface area contributed by atoms with E-state index in [4.69, 9.17) is 5.73 Å². The molecule has 114 valence electrons. The van der Waals surface area contributed by atoms with Crippen LogP contribution in [0.4, 0.5) is 0 Å². The minimum Gasteiger partial charge on any atom is -0.326 e. The summed E-state index contributed by atoms with van der Waals surface area (Å²) in [6.07, 6.45) is 3.76. The Labute approximate surface area is 127 Å². The first-order valence-corrected chi connectivity index (χ1v) is 8.73. The van der Waals surface area contributed by atoms with Gasteiger partial charge in [0.1, 0.15) is 0 Å². The molecule has 0 radical (unpaired) electrons. The predicted octanol–water partition coefficient (Wildman–Crippen LogP) is 2.86. The molecular formula is C16H29N3S. The fourth-order valence-electron chi connectivity index (χ4n) is 3.08. The molecule has 1 fully saturated rings. The van der Waals surface area contributed by atoms with E-state index < -0.39 is 0 Å². The number of aryl methyl sites for hydroxylation is 1. The molecule has 2 rings (SSSR count). The summed E-state index contributed by atoms with van der Waals surface area (Å²) in [6, 6.07) is 2.79. The highest BCUT2D eigenvalue weighted by atomic mass is 32.1. The summed E-state index contributed by atoms with van der Waals surface area (Å²) < 4.78 is 0. The molecule has 2 heterocycles. The Kier molecular flexibility index (Phi) is 6.02. The van der Waals surface area contributed by atoms with Crippen LogP contribution in [0.15, 0.2) is 11.4 Å². The monoisotopic (exact) mass is 295 g/mol.